The van der Waals surface area contributed by atoms with Crippen LogP contribution in [0.25, 0.3) is 44.3 Å². The lowest BCUT2D eigenvalue weighted by atomic mass is 10.1. The normalized spacial score (nSPS) is 11.2. The number of nitro benzene ring substituents is 2. The number of fused-ring (bicyclic) bond motifs is 2. The predicted octanol–water partition coefficient (Wildman–Crippen LogP) is 5.80. The van der Waals surface area contributed by atoms with Gasteiger partial charge in [0.1, 0.15) is 0 Å². The Labute approximate surface area is 169 Å². The first kappa shape index (κ1) is 17.6. The average molecular weight is 398 g/mol. The van der Waals surface area contributed by atoms with E-state index in [0.29, 0.717) is 0 Å². The Morgan fingerprint density at radius 3 is 1.27 bits per heavy atom. The van der Waals surface area contributed by atoms with Crippen LogP contribution in [0.4, 0.5) is 11.4 Å². The SMILES string of the molecule is O=[N+]([O-])c1ccc(-c2cc3cc4[nH]c(-c5ccc([N+](=O)[O-])cc5)cc4cc3[nH]2)cc1. The zero-order valence-electron chi connectivity index (χ0n) is 15.5. The highest BCUT2D eigenvalue weighted by atomic mass is 16.6. The third-order valence-corrected chi connectivity index (χ3v) is 5.14. The number of hydrogen-bond acceptors (Lipinski definition) is 4. The van der Waals surface area contributed by atoms with E-state index in [9.17, 15) is 20.2 Å². The fourth-order valence-electron chi connectivity index (χ4n) is 3.60. The lowest BCUT2D eigenvalue weighted by molar-refractivity contribution is -0.385. The molecular weight excluding hydrogens is 384 g/mol. The summed E-state index contributed by atoms with van der Waals surface area (Å²) in [6.45, 7) is 0. The first-order valence-electron chi connectivity index (χ1n) is 9.13. The summed E-state index contributed by atoms with van der Waals surface area (Å²) in [5, 5.41) is 23.7. The Morgan fingerprint density at radius 2 is 0.933 bits per heavy atom. The third-order valence-electron chi connectivity index (χ3n) is 5.14. The third kappa shape index (κ3) is 2.96. The topological polar surface area (TPSA) is 118 Å². The van der Waals surface area contributed by atoms with Crippen molar-refractivity contribution in [2.24, 2.45) is 0 Å². The second kappa shape index (κ2) is 6.56. The molecule has 30 heavy (non-hydrogen) atoms. The molecule has 5 rings (SSSR count). The van der Waals surface area contributed by atoms with Crippen LogP contribution in [0.2, 0.25) is 0 Å². The van der Waals surface area contributed by atoms with Crippen LogP contribution in [0.5, 0.6) is 0 Å². The Balaban J connectivity index is 1.51. The highest BCUT2D eigenvalue weighted by molar-refractivity contribution is 5.99. The monoisotopic (exact) mass is 398 g/mol. The van der Waals surface area contributed by atoms with Gasteiger partial charge in [-0.15, -0.1) is 0 Å². The van der Waals surface area contributed by atoms with Crippen molar-refractivity contribution in [3.05, 3.63) is 93.0 Å². The van der Waals surface area contributed by atoms with Gasteiger partial charge in [-0.1, -0.05) is 0 Å². The van der Waals surface area contributed by atoms with E-state index in [1.807, 2.05) is 24.3 Å². The molecule has 0 bridgehead atoms. The number of nitrogens with one attached hydrogen (secondary N) is 2. The lowest BCUT2D eigenvalue weighted by Gasteiger charge is -1.97. The second-order valence-corrected chi connectivity index (χ2v) is 7.00. The van der Waals surface area contributed by atoms with Gasteiger partial charge in [0.15, 0.2) is 0 Å². The molecule has 2 N–H and O–H groups in total. The molecule has 0 unspecified atom stereocenters. The summed E-state index contributed by atoms with van der Waals surface area (Å²) in [6.07, 6.45) is 0. The van der Waals surface area contributed by atoms with Gasteiger partial charge in [0, 0.05) is 57.5 Å². The number of H-pyrrole nitrogens is 2. The van der Waals surface area contributed by atoms with Crippen LogP contribution < -0.4 is 0 Å². The molecule has 8 nitrogen and oxygen atoms in total. The molecule has 2 aromatic heterocycles. The maximum absolute atomic E-state index is 10.8. The van der Waals surface area contributed by atoms with Gasteiger partial charge < -0.3 is 9.97 Å². The van der Waals surface area contributed by atoms with Gasteiger partial charge in [0.2, 0.25) is 0 Å². The minimum atomic E-state index is -0.417. The minimum Gasteiger partial charge on any atom is -0.355 e. The van der Waals surface area contributed by atoms with Gasteiger partial charge >= 0.3 is 0 Å². The highest BCUT2D eigenvalue weighted by Gasteiger charge is 2.11. The minimum absolute atomic E-state index is 0.0574. The van der Waals surface area contributed by atoms with Crippen LogP contribution in [0.3, 0.4) is 0 Å². The molecule has 0 atom stereocenters. The molecule has 0 fully saturated rings. The number of nitro groups is 2. The van der Waals surface area contributed by atoms with Crippen molar-refractivity contribution in [3.8, 4) is 22.5 Å². The largest absolute Gasteiger partial charge is 0.355 e. The van der Waals surface area contributed by atoms with Crippen molar-refractivity contribution in [1.29, 1.82) is 0 Å². The van der Waals surface area contributed by atoms with E-state index < -0.39 is 9.85 Å². The van der Waals surface area contributed by atoms with Crippen LogP contribution >= 0.6 is 0 Å². The van der Waals surface area contributed by atoms with Crippen molar-refractivity contribution >= 4 is 33.2 Å². The van der Waals surface area contributed by atoms with Gasteiger partial charge in [0.25, 0.3) is 11.4 Å². The first-order chi connectivity index (χ1) is 14.5. The van der Waals surface area contributed by atoms with E-state index in [1.165, 1.54) is 24.3 Å². The second-order valence-electron chi connectivity index (χ2n) is 7.00. The van der Waals surface area contributed by atoms with E-state index in [-0.39, 0.29) is 11.4 Å². The molecule has 0 aliphatic heterocycles. The molecule has 8 heteroatoms. The quantitative estimate of drug-likeness (QED) is 0.294. The van der Waals surface area contributed by atoms with Crippen molar-refractivity contribution in [1.82, 2.24) is 9.97 Å². The summed E-state index contributed by atoms with van der Waals surface area (Å²) in [7, 11) is 0. The van der Waals surface area contributed by atoms with Crippen LogP contribution in [0.15, 0.2) is 72.8 Å². The number of nitrogens with zero attached hydrogens (tertiary/aromatic N) is 2. The molecule has 0 amide bonds. The fourth-order valence-corrected chi connectivity index (χ4v) is 3.60. The average Bonchev–Trinajstić information content (AvgIpc) is 3.35. The standard InChI is InChI=1S/C22H14N4O4/c27-25(28)17-5-1-13(2-6-17)19-9-15-11-22-16(12-21(15)23-19)10-20(24-22)14-3-7-18(8-4-14)26(29)30/h1-12,23-24H. The van der Waals surface area contributed by atoms with E-state index in [1.54, 1.807) is 24.3 Å². The smallest absolute Gasteiger partial charge is 0.269 e. The summed E-state index contributed by atoms with van der Waals surface area (Å²) in [5.74, 6) is 0. The van der Waals surface area contributed by atoms with Crippen LogP contribution in [-0.4, -0.2) is 19.8 Å². The molecule has 3 aromatic carbocycles. The van der Waals surface area contributed by atoms with Gasteiger partial charge in [-0.05, 0) is 59.7 Å². The summed E-state index contributed by atoms with van der Waals surface area (Å²) < 4.78 is 0. The summed E-state index contributed by atoms with van der Waals surface area (Å²) in [4.78, 5) is 27.6. The molecule has 0 aliphatic carbocycles. The molecule has 0 aliphatic rings. The maximum atomic E-state index is 10.8. The van der Waals surface area contributed by atoms with Crippen LogP contribution in [0.1, 0.15) is 0 Å². The predicted molar refractivity (Wildman–Crippen MR) is 114 cm³/mol. The molecule has 2 heterocycles. The zero-order valence-corrected chi connectivity index (χ0v) is 15.5. The van der Waals surface area contributed by atoms with Gasteiger partial charge in [-0.2, -0.15) is 0 Å². The summed E-state index contributed by atoms with van der Waals surface area (Å²) in [5.41, 5.74) is 5.50. The van der Waals surface area contributed by atoms with E-state index >= 15 is 0 Å². The number of non-ortho nitro benzene ring substituents is 2. The molecule has 5 aromatic rings. The van der Waals surface area contributed by atoms with Gasteiger partial charge in [0.05, 0.1) is 9.85 Å². The number of aromatic nitrogens is 2. The van der Waals surface area contributed by atoms with Crippen molar-refractivity contribution in [3.63, 3.8) is 0 Å². The fraction of sp³-hybridized carbons (Fsp3) is 0. The van der Waals surface area contributed by atoms with Crippen LogP contribution in [-0.2, 0) is 0 Å². The number of benzene rings is 3. The van der Waals surface area contributed by atoms with Gasteiger partial charge in [-0.3, -0.25) is 20.2 Å². The first-order valence-corrected chi connectivity index (χ1v) is 9.13. The van der Waals surface area contributed by atoms with Crippen molar-refractivity contribution in [2.45, 2.75) is 0 Å². The molecule has 146 valence electrons. The van der Waals surface area contributed by atoms with Crippen molar-refractivity contribution < 1.29 is 9.85 Å². The number of rotatable bonds is 4. The Morgan fingerprint density at radius 1 is 0.567 bits per heavy atom. The zero-order chi connectivity index (χ0) is 20.8. The Bertz CT molecular complexity index is 1270. The van der Waals surface area contributed by atoms with Crippen LogP contribution in [0, 0.1) is 20.2 Å². The highest BCUT2D eigenvalue weighted by Crippen LogP contribution is 2.31. The molecule has 0 saturated carbocycles. The Hall–Kier alpha value is -4.46. The maximum Gasteiger partial charge on any atom is 0.269 e. The molecule has 0 saturated heterocycles. The molecule has 0 radical (unpaired) electrons. The molecule has 0 spiro atoms. The Kier molecular flexibility index (Phi) is 3.85. The lowest BCUT2D eigenvalue weighted by Crippen LogP contribution is -1.87. The van der Waals surface area contributed by atoms with E-state index in [0.717, 1.165) is 44.3 Å². The summed E-state index contributed by atoms with van der Waals surface area (Å²) >= 11 is 0. The van der Waals surface area contributed by atoms with Crippen molar-refractivity contribution in [2.75, 3.05) is 0 Å². The van der Waals surface area contributed by atoms with E-state index in [4.69, 9.17) is 0 Å². The van der Waals surface area contributed by atoms with Gasteiger partial charge in [-0.25, -0.2) is 0 Å². The number of hydrogen-bond donors (Lipinski definition) is 2. The summed E-state index contributed by atoms with van der Waals surface area (Å²) in [6, 6.07) is 20.9. The van der Waals surface area contributed by atoms with E-state index in [2.05, 4.69) is 9.97 Å². The number of aromatic amines is 2. The molecular formula is C22H14N4O4.